The Morgan fingerprint density at radius 2 is 0.462 bits per heavy atom. The van der Waals surface area contributed by atoms with Gasteiger partial charge in [0.1, 0.15) is 0 Å². The Morgan fingerprint density at radius 1 is 0.462 bits per heavy atom. The van der Waals surface area contributed by atoms with E-state index in [-0.39, 0.29) is 22.3 Å². The molecular weight excluding hydrogens is 156 g/mol. The van der Waals surface area contributed by atoms with E-state index in [1.165, 1.54) is 12.8 Å². The maximum Gasteiger partial charge on any atom is -0.0590 e. The topological polar surface area (TPSA) is 0 Å². The summed E-state index contributed by atoms with van der Waals surface area (Å²) in [6.45, 7) is 16.5. The van der Waals surface area contributed by atoms with Crippen LogP contribution < -0.4 is 0 Å². The second-order valence-electron chi connectivity index (χ2n) is 1.41. The molecule has 0 spiro atoms. The maximum absolute atomic E-state index is 2.12. The third-order valence-electron chi connectivity index (χ3n) is 0. The van der Waals surface area contributed by atoms with Crippen molar-refractivity contribution in [1.82, 2.24) is 0 Å². The molecule has 0 saturated heterocycles. The van der Waals surface area contributed by atoms with Gasteiger partial charge in [0.05, 0.1) is 0 Å². The van der Waals surface area contributed by atoms with Crippen molar-refractivity contribution in [3.63, 3.8) is 0 Å². The van der Waals surface area contributed by atoms with Crippen molar-refractivity contribution in [2.45, 2.75) is 90.5 Å². The summed E-state index contributed by atoms with van der Waals surface area (Å²) in [5.41, 5.74) is 0. The first kappa shape index (κ1) is 52.0. The van der Waals surface area contributed by atoms with E-state index >= 15 is 0 Å². The van der Waals surface area contributed by atoms with E-state index < -0.39 is 0 Å². The fourth-order valence-corrected chi connectivity index (χ4v) is 0. The van der Waals surface area contributed by atoms with E-state index in [9.17, 15) is 0 Å². The average molecular weight is 196 g/mol. The highest BCUT2D eigenvalue weighted by atomic mass is 13.4. The van der Waals surface area contributed by atoms with Crippen LogP contribution in [-0.2, 0) is 0 Å². The fraction of sp³-hybridized carbons (Fsp3) is 1.00. The second-order valence-corrected chi connectivity index (χ2v) is 1.41. The first-order valence-electron chi connectivity index (χ1n) is 4.83. The highest BCUT2D eigenvalue weighted by Gasteiger charge is 1.36. The molecule has 0 fully saturated rings. The summed E-state index contributed by atoms with van der Waals surface area (Å²) in [5, 5.41) is 0. The molecular formula is C13H40. The van der Waals surface area contributed by atoms with Gasteiger partial charge in [0.25, 0.3) is 0 Å². The predicted octanol–water partition coefficient (Wildman–Crippen LogP) is 6.79. The lowest BCUT2D eigenvalue weighted by atomic mass is 10.6. The maximum atomic E-state index is 2.12. The van der Waals surface area contributed by atoms with E-state index in [4.69, 9.17) is 0 Å². The second kappa shape index (κ2) is 363. The van der Waals surface area contributed by atoms with Gasteiger partial charge in [0, 0.05) is 0 Å². The molecule has 0 bridgehead atoms. The molecule has 0 unspecified atom stereocenters. The van der Waals surface area contributed by atoms with Crippen LogP contribution in [-0.4, -0.2) is 0 Å². The molecule has 0 aliphatic rings. The van der Waals surface area contributed by atoms with Crippen LogP contribution in [0.15, 0.2) is 0 Å². The molecule has 0 nitrogen and oxygen atoms in total. The van der Waals surface area contributed by atoms with Crippen LogP contribution in [0, 0.1) is 0 Å². The Balaban J connectivity index is -0.00000000698. The van der Waals surface area contributed by atoms with E-state index in [1.54, 1.807) is 0 Å². The predicted molar refractivity (Wildman–Crippen MR) is 74.8 cm³/mol. The summed E-state index contributed by atoms with van der Waals surface area (Å²) in [5.74, 6) is 0. The molecule has 0 saturated carbocycles. The van der Waals surface area contributed by atoms with Crippen molar-refractivity contribution >= 4 is 0 Å². The van der Waals surface area contributed by atoms with Gasteiger partial charge in [-0.1, -0.05) is 90.5 Å². The van der Waals surface area contributed by atoms with Gasteiger partial charge in [0.15, 0.2) is 0 Å². The summed E-state index contributed by atoms with van der Waals surface area (Å²) < 4.78 is 0. The van der Waals surface area contributed by atoms with Crippen molar-refractivity contribution in [1.29, 1.82) is 0 Å². The first-order valence-corrected chi connectivity index (χ1v) is 4.83. The highest BCUT2D eigenvalue weighted by molar-refractivity contribution is 3.92. The normalized spacial score (nSPS) is 3.69. The van der Waals surface area contributed by atoms with Gasteiger partial charge in [-0.25, -0.2) is 0 Å². The van der Waals surface area contributed by atoms with Gasteiger partial charge in [-0.3, -0.25) is 0 Å². The Labute approximate surface area is 91.2 Å². The molecule has 92 valence electrons. The first-order chi connectivity index (χ1) is 4.83. The zero-order valence-corrected chi connectivity index (χ0v) is 9.41. The number of hydrogen-bond acceptors (Lipinski definition) is 0. The van der Waals surface area contributed by atoms with Gasteiger partial charge in [-0.05, 0) is 0 Å². The average Bonchev–Trinajstić information content (AvgIpc) is 1.99. The molecule has 0 aromatic rings. The van der Waals surface area contributed by atoms with Crippen molar-refractivity contribution in [2.24, 2.45) is 0 Å². The standard InChI is InChI=1S/2C3H8.2C2H6.3CH4/c2*1-3-2;2*1-2;;;/h2*3H2,1-2H3;2*1-2H3;3*1H4. The van der Waals surface area contributed by atoms with Crippen molar-refractivity contribution in [3.05, 3.63) is 0 Å². The largest absolute Gasteiger partial charge is 0.0776 e. The van der Waals surface area contributed by atoms with Gasteiger partial charge >= 0.3 is 0 Å². The van der Waals surface area contributed by atoms with Crippen molar-refractivity contribution in [2.75, 3.05) is 0 Å². The van der Waals surface area contributed by atoms with Crippen molar-refractivity contribution < 1.29 is 0 Å². The van der Waals surface area contributed by atoms with Crippen LogP contribution in [0.2, 0.25) is 0 Å². The molecule has 0 heterocycles. The molecule has 0 heteroatoms. The smallest absolute Gasteiger partial charge is 0.0590 e. The van der Waals surface area contributed by atoms with Gasteiger partial charge in [-0.2, -0.15) is 0 Å². The van der Waals surface area contributed by atoms with Crippen LogP contribution in [0.5, 0.6) is 0 Å². The molecule has 0 aromatic carbocycles. The lowest BCUT2D eigenvalue weighted by molar-refractivity contribution is 1.09. The monoisotopic (exact) mass is 196 g/mol. The van der Waals surface area contributed by atoms with E-state index in [2.05, 4.69) is 27.7 Å². The molecule has 13 heavy (non-hydrogen) atoms. The van der Waals surface area contributed by atoms with E-state index in [0.29, 0.717) is 0 Å². The third-order valence-corrected chi connectivity index (χ3v) is 0. The molecule has 0 N–H and O–H groups in total. The zero-order valence-electron chi connectivity index (χ0n) is 9.41. The van der Waals surface area contributed by atoms with Crippen LogP contribution in [0.3, 0.4) is 0 Å². The molecule has 0 aliphatic heterocycles. The molecule has 0 aromatic heterocycles. The van der Waals surface area contributed by atoms with Gasteiger partial charge in [0.2, 0.25) is 0 Å². The molecule has 0 rings (SSSR count). The van der Waals surface area contributed by atoms with E-state index in [1.807, 2.05) is 27.7 Å². The van der Waals surface area contributed by atoms with Crippen LogP contribution in [0.1, 0.15) is 90.5 Å². The summed E-state index contributed by atoms with van der Waals surface area (Å²) in [4.78, 5) is 0. The highest BCUT2D eigenvalue weighted by Crippen LogP contribution is 1.56. The minimum Gasteiger partial charge on any atom is -0.0776 e. The van der Waals surface area contributed by atoms with Gasteiger partial charge < -0.3 is 0 Å². The Morgan fingerprint density at radius 3 is 0.462 bits per heavy atom. The summed E-state index contributed by atoms with van der Waals surface area (Å²) >= 11 is 0. The third kappa shape index (κ3) is 0. The Kier molecular flexibility index (Phi) is 1450. The fourth-order valence-electron chi connectivity index (χ4n) is 0. The van der Waals surface area contributed by atoms with Crippen molar-refractivity contribution in [3.8, 4) is 0 Å². The Bertz CT molecular complexity index is 2.00. The molecule has 0 amide bonds. The summed E-state index contributed by atoms with van der Waals surface area (Å²) in [7, 11) is 0. The van der Waals surface area contributed by atoms with E-state index in [0.717, 1.165) is 0 Å². The number of rotatable bonds is 0. The van der Waals surface area contributed by atoms with Crippen LogP contribution in [0.4, 0.5) is 0 Å². The Hall–Kier alpha value is 0. The zero-order chi connectivity index (χ0) is 9.41. The quantitative estimate of drug-likeness (QED) is 0.400. The minimum absolute atomic E-state index is 0. The SMILES string of the molecule is C.C.C.CC.CC.CCC.CCC. The molecule has 0 atom stereocenters. The minimum atomic E-state index is 0. The van der Waals surface area contributed by atoms with Crippen LogP contribution >= 0.6 is 0 Å². The number of hydrogen-bond donors (Lipinski definition) is 0. The lowest BCUT2D eigenvalue weighted by Crippen LogP contribution is -1.27. The summed E-state index contributed by atoms with van der Waals surface area (Å²) in [6, 6.07) is 0. The van der Waals surface area contributed by atoms with Gasteiger partial charge in [-0.15, -0.1) is 0 Å². The molecule has 0 aliphatic carbocycles. The lowest BCUT2D eigenvalue weighted by Gasteiger charge is -1.48. The summed E-state index contributed by atoms with van der Waals surface area (Å²) in [6.07, 6.45) is 2.50. The van der Waals surface area contributed by atoms with Crippen LogP contribution in [0.25, 0.3) is 0 Å². The molecule has 0 radical (unpaired) electrons.